The van der Waals surface area contributed by atoms with Gasteiger partial charge in [0.05, 0.1) is 11.3 Å². The topological polar surface area (TPSA) is 42.3 Å². The molecule has 0 bridgehead atoms. The number of rotatable bonds is 7. The van der Waals surface area contributed by atoms with E-state index in [0.717, 1.165) is 35.0 Å². The minimum atomic E-state index is -0.427. The summed E-state index contributed by atoms with van der Waals surface area (Å²) in [6, 6.07) is 17.6. The van der Waals surface area contributed by atoms with Crippen molar-refractivity contribution >= 4 is 22.6 Å². The first kappa shape index (κ1) is 18.9. The Morgan fingerprint density at radius 3 is 2.30 bits per heavy atom. The monoisotopic (exact) mass is 362 g/mol. The summed E-state index contributed by atoms with van der Waals surface area (Å²) in [6.45, 7) is 5.15. The van der Waals surface area contributed by atoms with Crippen LogP contribution in [0.15, 0.2) is 54.6 Å². The molecule has 1 amide bonds. The van der Waals surface area contributed by atoms with Crippen LogP contribution in [0.4, 0.5) is 0 Å². The fourth-order valence-corrected chi connectivity index (χ4v) is 3.56. The van der Waals surface area contributed by atoms with Crippen LogP contribution in [0.1, 0.15) is 37.0 Å². The molecule has 0 fully saturated rings. The molecule has 3 aromatic rings. The van der Waals surface area contributed by atoms with Crippen molar-refractivity contribution in [1.29, 1.82) is 0 Å². The van der Waals surface area contributed by atoms with E-state index in [1.54, 1.807) is 4.90 Å². The van der Waals surface area contributed by atoms with E-state index in [2.05, 4.69) is 6.92 Å². The van der Waals surface area contributed by atoms with Gasteiger partial charge in [0, 0.05) is 31.0 Å². The van der Waals surface area contributed by atoms with Crippen LogP contribution in [-0.4, -0.2) is 34.2 Å². The van der Waals surface area contributed by atoms with Gasteiger partial charge < -0.3 is 9.47 Å². The van der Waals surface area contributed by atoms with Gasteiger partial charge in [-0.25, -0.2) is 0 Å². The number of carbonyl (C=O) groups is 2. The van der Waals surface area contributed by atoms with Crippen molar-refractivity contribution in [3.8, 4) is 11.3 Å². The van der Waals surface area contributed by atoms with Crippen molar-refractivity contribution in [1.82, 2.24) is 9.47 Å². The SMILES string of the molecule is CCCCN(CC)C(=O)C(=O)c1c(-c2ccccc2)n(C)c2ccccc12. The highest BCUT2D eigenvalue weighted by Gasteiger charge is 2.29. The molecule has 27 heavy (non-hydrogen) atoms. The average molecular weight is 362 g/mol. The Balaban J connectivity index is 2.15. The number of ketones is 1. The number of likely N-dealkylation sites (N-methyl/N-ethyl adjacent to an activating group) is 1. The molecule has 0 atom stereocenters. The van der Waals surface area contributed by atoms with Crippen molar-refractivity contribution in [3.05, 3.63) is 60.2 Å². The predicted molar refractivity (Wildman–Crippen MR) is 110 cm³/mol. The highest BCUT2D eigenvalue weighted by atomic mass is 16.2. The zero-order chi connectivity index (χ0) is 19.4. The van der Waals surface area contributed by atoms with Crippen LogP contribution in [0.25, 0.3) is 22.2 Å². The maximum Gasteiger partial charge on any atom is 0.295 e. The molecule has 0 N–H and O–H groups in total. The number of hydrogen-bond donors (Lipinski definition) is 0. The number of aromatic nitrogens is 1. The molecule has 4 heteroatoms. The molecule has 4 nitrogen and oxygen atoms in total. The smallest absolute Gasteiger partial charge is 0.295 e. The molecule has 1 heterocycles. The Labute approximate surface area is 160 Å². The first-order chi connectivity index (χ1) is 13.1. The van der Waals surface area contributed by atoms with Gasteiger partial charge in [0.2, 0.25) is 0 Å². The van der Waals surface area contributed by atoms with E-state index in [-0.39, 0.29) is 0 Å². The summed E-state index contributed by atoms with van der Waals surface area (Å²) in [6.07, 6.45) is 1.88. The number of Topliss-reactive ketones (excluding diaryl/α,β-unsaturated/α-hetero) is 1. The highest BCUT2D eigenvalue weighted by molar-refractivity contribution is 6.46. The van der Waals surface area contributed by atoms with Crippen LogP contribution >= 0.6 is 0 Å². The van der Waals surface area contributed by atoms with E-state index in [9.17, 15) is 9.59 Å². The van der Waals surface area contributed by atoms with E-state index < -0.39 is 11.7 Å². The normalized spacial score (nSPS) is 10.9. The zero-order valence-electron chi connectivity index (χ0n) is 16.2. The van der Waals surface area contributed by atoms with E-state index in [4.69, 9.17) is 0 Å². The second kappa shape index (κ2) is 8.21. The van der Waals surface area contributed by atoms with E-state index in [1.807, 2.05) is 73.1 Å². The lowest BCUT2D eigenvalue weighted by molar-refractivity contribution is -0.126. The standard InChI is InChI=1S/C23H26N2O2/c1-4-6-16-25(5-2)23(27)22(26)20-18-14-10-11-15-19(18)24(3)21(20)17-12-8-7-9-13-17/h7-15H,4-6,16H2,1-3H3. The number of aryl methyl sites for hydroxylation is 1. The van der Waals surface area contributed by atoms with Gasteiger partial charge in [-0.05, 0) is 25.0 Å². The van der Waals surface area contributed by atoms with Crippen molar-refractivity contribution in [2.75, 3.05) is 13.1 Å². The third kappa shape index (κ3) is 3.52. The van der Waals surface area contributed by atoms with Crippen LogP contribution < -0.4 is 0 Å². The minimum absolute atomic E-state index is 0.417. The molecule has 1 aromatic heterocycles. The fourth-order valence-electron chi connectivity index (χ4n) is 3.56. The predicted octanol–water partition coefficient (Wildman–Crippen LogP) is 4.68. The molecule has 0 aliphatic rings. The van der Waals surface area contributed by atoms with Crippen LogP contribution in [0.5, 0.6) is 0 Å². The molecule has 0 unspecified atom stereocenters. The molecule has 0 spiro atoms. The Bertz CT molecular complexity index is 957. The Kier molecular flexibility index (Phi) is 5.75. The largest absolute Gasteiger partial charge is 0.343 e. The van der Waals surface area contributed by atoms with Gasteiger partial charge in [0.25, 0.3) is 11.7 Å². The van der Waals surface area contributed by atoms with Gasteiger partial charge >= 0.3 is 0 Å². The Morgan fingerprint density at radius 2 is 1.63 bits per heavy atom. The second-order valence-electron chi connectivity index (χ2n) is 6.73. The quantitative estimate of drug-likeness (QED) is 0.452. The van der Waals surface area contributed by atoms with Crippen LogP contribution in [-0.2, 0) is 11.8 Å². The van der Waals surface area contributed by atoms with Crippen molar-refractivity contribution in [2.24, 2.45) is 7.05 Å². The number of hydrogen-bond acceptors (Lipinski definition) is 2. The molecule has 0 saturated heterocycles. The van der Waals surface area contributed by atoms with Gasteiger partial charge in [-0.1, -0.05) is 61.9 Å². The number of fused-ring (bicyclic) bond motifs is 1. The summed E-state index contributed by atoms with van der Waals surface area (Å²) in [5.74, 6) is -0.844. The van der Waals surface area contributed by atoms with Crippen molar-refractivity contribution < 1.29 is 9.59 Å². The molecule has 0 radical (unpaired) electrons. The summed E-state index contributed by atoms with van der Waals surface area (Å²) >= 11 is 0. The Morgan fingerprint density at radius 1 is 0.963 bits per heavy atom. The zero-order valence-corrected chi connectivity index (χ0v) is 16.2. The number of para-hydroxylation sites is 1. The van der Waals surface area contributed by atoms with Gasteiger partial charge in [0.15, 0.2) is 0 Å². The van der Waals surface area contributed by atoms with Crippen LogP contribution in [0, 0.1) is 0 Å². The fraction of sp³-hybridized carbons (Fsp3) is 0.304. The maximum atomic E-state index is 13.3. The van der Waals surface area contributed by atoms with Crippen LogP contribution in [0.3, 0.4) is 0 Å². The van der Waals surface area contributed by atoms with Gasteiger partial charge in [-0.15, -0.1) is 0 Å². The van der Waals surface area contributed by atoms with Crippen molar-refractivity contribution in [2.45, 2.75) is 26.7 Å². The minimum Gasteiger partial charge on any atom is -0.343 e. The van der Waals surface area contributed by atoms with Gasteiger partial charge in [-0.2, -0.15) is 0 Å². The number of carbonyl (C=O) groups excluding carboxylic acids is 2. The van der Waals surface area contributed by atoms with Crippen LogP contribution in [0.2, 0.25) is 0 Å². The summed E-state index contributed by atoms with van der Waals surface area (Å²) < 4.78 is 2.01. The molecule has 0 aliphatic carbocycles. The lowest BCUT2D eigenvalue weighted by Gasteiger charge is -2.20. The summed E-state index contributed by atoms with van der Waals surface area (Å²) in [4.78, 5) is 28.0. The summed E-state index contributed by atoms with van der Waals surface area (Å²) in [5.41, 5.74) is 3.18. The van der Waals surface area contributed by atoms with E-state index in [1.165, 1.54) is 0 Å². The molecule has 0 aliphatic heterocycles. The third-order valence-electron chi connectivity index (χ3n) is 5.03. The second-order valence-corrected chi connectivity index (χ2v) is 6.73. The number of amides is 1. The number of unbranched alkanes of at least 4 members (excludes halogenated alkanes) is 1. The van der Waals surface area contributed by atoms with E-state index >= 15 is 0 Å². The molecular formula is C23H26N2O2. The lowest BCUT2D eigenvalue weighted by Crippen LogP contribution is -2.37. The van der Waals surface area contributed by atoms with Gasteiger partial charge in [0.1, 0.15) is 0 Å². The first-order valence-electron chi connectivity index (χ1n) is 9.56. The number of benzene rings is 2. The summed E-state index contributed by atoms with van der Waals surface area (Å²) in [5, 5.41) is 0.823. The Hall–Kier alpha value is -2.88. The molecule has 0 saturated carbocycles. The first-order valence-corrected chi connectivity index (χ1v) is 9.56. The van der Waals surface area contributed by atoms with Crippen molar-refractivity contribution in [3.63, 3.8) is 0 Å². The van der Waals surface area contributed by atoms with Gasteiger partial charge in [-0.3, -0.25) is 9.59 Å². The van der Waals surface area contributed by atoms with E-state index in [0.29, 0.717) is 18.7 Å². The third-order valence-corrected chi connectivity index (χ3v) is 5.03. The number of nitrogens with zero attached hydrogens (tertiary/aromatic N) is 2. The molecule has 2 aromatic carbocycles. The average Bonchev–Trinajstić information content (AvgIpc) is 3.01. The maximum absolute atomic E-state index is 13.3. The summed E-state index contributed by atoms with van der Waals surface area (Å²) in [7, 11) is 1.95. The lowest BCUT2D eigenvalue weighted by atomic mass is 10.0. The molecular weight excluding hydrogens is 336 g/mol. The molecule has 140 valence electrons. The highest BCUT2D eigenvalue weighted by Crippen LogP contribution is 2.33. The molecule has 3 rings (SSSR count).